The lowest BCUT2D eigenvalue weighted by atomic mass is 9.80. The van der Waals surface area contributed by atoms with E-state index in [1.165, 1.54) is 0 Å². The van der Waals surface area contributed by atoms with Crippen molar-refractivity contribution in [2.45, 2.75) is 37.5 Å². The fourth-order valence-corrected chi connectivity index (χ4v) is 4.27. The fraction of sp³-hybridized carbons (Fsp3) is 0.500. The van der Waals surface area contributed by atoms with E-state index in [1.807, 2.05) is 6.92 Å². The molecule has 5 nitrogen and oxygen atoms in total. The normalized spacial score (nSPS) is 27.1. The van der Waals surface area contributed by atoms with Gasteiger partial charge in [0, 0.05) is 29.6 Å². The number of aromatic nitrogens is 3. The van der Waals surface area contributed by atoms with Gasteiger partial charge in [-0.3, -0.25) is 0 Å². The molecule has 0 radical (unpaired) electrons. The number of fused-ring (bicyclic) bond motifs is 2. The Morgan fingerprint density at radius 2 is 2.38 bits per heavy atom. The minimum atomic E-state index is 0.0240. The van der Waals surface area contributed by atoms with Crippen LogP contribution in [0.1, 0.15) is 42.5 Å². The number of pyridine rings is 1. The minimum Gasteiger partial charge on any atom is -0.369 e. The molecule has 1 spiro atoms. The molecule has 4 rings (SSSR count). The van der Waals surface area contributed by atoms with Gasteiger partial charge in [-0.2, -0.15) is 4.98 Å². The molecular formula is C14H14BrClN4O. The molecule has 3 heterocycles. The Morgan fingerprint density at radius 3 is 3.14 bits per heavy atom. The third kappa shape index (κ3) is 1.99. The number of aryl methyl sites for hydroxylation is 1. The second kappa shape index (κ2) is 4.68. The molecule has 0 aromatic carbocycles. The number of nitrogens with zero attached hydrogens (tertiary/aromatic N) is 3. The van der Waals surface area contributed by atoms with E-state index >= 15 is 0 Å². The smallest absolute Gasteiger partial charge is 0.229 e. The topological polar surface area (TPSA) is 63.8 Å². The minimum absolute atomic E-state index is 0.0240. The molecule has 21 heavy (non-hydrogen) atoms. The van der Waals surface area contributed by atoms with Gasteiger partial charge in [-0.1, -0.05) is 16.8 Å². The largest absolute Gasteiger partial charge is 0.369 e. The molecule has 0 saturated heterocycles. The second-order valence-corrected chi connectivity index (χ2v) is 7.13. The number of hydrogen-bond donors (Lipinski definition) is 1. The molecular weight excluding hydrogens is 356 g/mol. The first-order valence-electron chi connectivity index (χ1n) is 6.98. The van der Waals surface area contributed by atoms with Gasteiger partial charge in [0.15, 0.2) is 5.82 Å². The number of rotatable bonds is 1. The van der Waals surface area contributed by atoms with Crippen molar-refractivity contribution in [2.75, 3.05) is 11.9 Å². The van der Waals surface area contributed by atoms with Crippen molar-refractivity contribution >= 4 is 33.3 Å². The van der Waals surface area contributed by atoms with Crippen LogP contribution in [0.3, 0.4) is 0 Å². The molecule has 2 unspecified atom stereocenters. The zero-order chi connectivity index (χ0) is 14.6. The van der Waals surface area contributed by atoms with Crippen molar-refractivity contribution < 1.29 is 4.52 Å². The number of halogens is 2. The molecule has 1 fully saturated rings. The van der Waals surface area contributed by atoms with Crippen molar-refractivity contribution in [3.63, 3.8) is 0 Å². The summed E-state index contributed by atoms with van der Waals surface area (Å²) in [6.45, 7) is 2.72. The second-order valence-electron chi connectivity index (χ2n) is 5.90. The summed E-state index contributed by atoms with van der Waals surface area (Å²) in [7, 11) is 0. The average molecular weight is 370 g/mol. The summed E-state index contributed by atoms with van der Waals surface area (Å²) >= 11 is 10.0. The standard InChI is InChI=1S/C14H14BrClN4O/c1-7-19-13(21-20-7)8-2-3-14(4-8)6-18-12-10(14)11(16)9(15)5-17-12/h5,8H,2-4,6H2,1H3,(H,17,18). The lowest BCUT2D eigenvalue weighted by molar-refractivity contribution is 0.345. The lowest BCUT2D eigenvalue weighted by Gasteiger charge is -2.24. The van der Waals surface area contributed by atoms with Crippen LogP contribution in [0.15, 0.2) is 15.2 Å². The molecule has 110 valence electrons. The lowest BCUT2D eigenvalue weighted by Crippen LogP contribution is -2.25. The summed E-state index contributed by atoms with van der Waals surface area (Å²) in [6, 6.07) is 0. The van der Waals surface area contributed by atoms with E-state index in [9.17, 15) is 0 Å². The first-order chi connectivity index (χ1) is 10.1. The molecule has 1 N–H and O–H groups in total. The molecule has 2 aromatic heterocycles. The Balaban J connectivity index is 1.72. The summed E-state index contributed by atoms with van der Waals surface area (Å²) < 4.78 is 6.20. The Bertz CT molecular complexity index is 719. The third-order valence-corrected chi connectivity index (χ3v) is 5.82. The predicted octanol–water partition coefficient (Wildman–Crippen LogP) is 3.82. The molecule has 1 saturated carbocycles. The van der Waals surface area contributed by atoms with E-state index in [0.29, 0.717) is 11.7 Å². The van der Waals surface area contributed by atoms with E-state index in [0.717, 1.165) is 52.6 Å². The maximum absolute atomic E-state index is 6.53. The van der Waals surface area contributed by atoms with Gasteiger partial charge in [0.2, 0.25) is 5.89 Å². The van der Waals surface area contributed by atoms with Crippen LogP contribution in [-0.4, -0.2) is 21.7 Å². The van der Waals surface area contributed by atoms with Crippen LogP contribution in [0.5, 0.6) is 0 Å². The molecule has 7 heteroatoms. The monoisotopic (exact) mass is 368 g/mol. The van der Waals surface area contributed by atoms with E-state index < -0.39 is 0 Å². The van der Waals surface area contributed by atoms with E-state index in [2.05, 4.69) is 36.4 Å². The zero-order valence-corrected chi connectivity index (χ0v) is 13.8. The Morgan fingerprint density at radius 1 is 1.52 bits per heavy atom. The average Bonchev–Trinajstić information content (AvgIpc) is 3.15. The maximum atomic E-state index is 6.53. The predicted molar refractivity (Wildman–Crippen MR) is 82.7 cm³/mol. The molecule has 2 atom stereocenters. The van der Waals surface area contributed by atoms with Crippen LogP contribution >= 0.6 is 27.5 Å². The number of nitrogens with one attached hydrogen (secondary N) is 1. The van der Waals surface area contributed by atoms with Crippen molar-refractivity contribution in [3.8, 4) is 0 Å². The summed E-state index contributed by atoms with van der Waals surface area (Å²) in [4.78, 5) is 8.83. The fourth-order valence-electron chi connectivity index (χ4n) is 3.63. The molecule has 2 aromatic rings. The quantitative estimate of drug-likeness (QED) is 0.828. The van der Waals surface area contributed by atoms with E-state index in [4.69, 9.17) is 16.1 Å². The van der Waals surface area contributed by atoms with Gasteiger partial charge in [-0.15, -0.1) is 0 Å². The summed E-state index contributed by atoms with van der Waals surface area (Å²) in [5.41, 5.74) is 1.16. The van der Waals surface area contributed by atoms with Crippen LogP contribution in [0.4, 0.5) is 5.82 Å². The Labute approximate surface area is 135 Å². The van der Waals surface area contributed by atoms with Crippen LogP contribution in [0, 0.1) is 6.92 Å². The van der Waals surface area contributed by atoms with Gasteiger partial charge in [0.05, 0.1) is 9.50 Å². The van der Waals surface area contributed by atoms with Gasteiger partial charge < -0.3 is 9.84 Å². The first kappa shape index (κ1) is 13.5. The van der Waals surface area contributed by atoms with Gasteiger partial charge in [0.1, 0.15) is 5.82 Å². The van der Waals surface area contributed by atoms with Crippen molar-refractivity contribution in [1.29, 1.82) is 0 Å². The van der Waals surface area contributed by atoms with Crippen LogP contribution in [0.25, 0.3) is 0 Å². The van der Waals surface area contributed by atoms with Gasteiger partial charge >= 0.3 is 0 Å². The molecule has 2 aliphatic rings. The van der Waals surface area contributed by atoms with E-state index in [1.54, 1.807) is 6.20 Å². The maximum Gasteiger partial charge on any atom is 0.229 e. The van der Waals surface area contributed by atoms with Crippen LogP contribution in [-0.2, 0) is 5.41 Å². The van der Waals surface area contributed by atoms with Gasteiger partial charge in [-0.25, -0.2) is 4.98 Å². The number of anilines is 1. The highest BCUT2D eigenvalue weighted by Gasteiger charge is 2.48. The van der Waals surface area contributed by atoms with Crippen molar-refractivity contribution in [3.05, 3.63) is 33.0 Å². The summed E-state index contributed by atoms with van der Waals surface area (Å²) in [5, 5.41) is 8.07. The molecule has 0 bridgehead atoms. The van der Waals surface area contributed by atoms with Crippen molar-refractivity contribution in [2.24, 2.45) is 0 Å². The Hall–Kier alpha value is -1.14. The van der Waals surface area contributed by atoms with Crippen LogP contribution in [0.2, 0.25) is 5.02 Å². The van der Waals surface area contributed by atoms with Crippen molar-refractivity contribution in [1.82, 2.24) is 15.1 Å². The molecule has 1 aliphatic carbocycles. The molecule has 1 aliphatic heterocycles. The van der Waals surface area contributed by atoms with Crippen LogP contribution < -0.4 is 5.32 Å². The molecule has 0 amide bonds. The van der Waals surface area contributed by atoms with Gasteiger partial charge in [0.25, 0.3) is 0 Å². The summed E-state index contributed by atoms with van der Waals surface area (Å²) in [5.74, 6) is 2.65. The highest BCUT2D eigenvalue weighted by atomic mass is 79.9. The number of hydrogen-bond acceptors (Lipinski definition) is 5. The SMILES string of the molecule is Cc1noc(C2CCC3(CNc4ncc(Br)c(Cl)c43)C2)n1. The zero-order valence-electron chi connectivity index (χ0n) is 11.5. The summed E-state index contributed by atoms with van der Waals surface area (Å²) in [6.07, 6.45) is 4.80. The highest BCUT2D eigenvalue weighted by molar-refractivity contribution is 9.10. The third-order valence-electron chi connectivity index (χ3n) is 4.60. The van der Waals surface area contributed by atoms with E-state index in [-0.39, 0.29) is 5.41 Å². The Kier molecular flexibility index (Phi) is 3.01. The first-order valence-corrected chi connectivity index (χ1v) is 8.15. The van der Waals surface area contributed by atoms with Gasteiger partial charge in [-0.05, 0) is 42.1 Å². The highest BCUT2D eigenvalue weighted by Crippen LogP contribution is 2.55.